The van der Waals surface area contributed by atoms with Gasteiger partial charge in [0.15, 0.2) is 0 Å². The zero-order valence-electron chi connectivity index (χ0n) is 16.8. The molecule has 6 nitrogen and oxygen atoms in total. The van der Waals surface area contributed by atoms with Crippen LogP contribution >= 0.6 is 0 Å². The Kier molecular flexibility index (Phi) is 5.97. The fraction of sp³-hybridized carbons (Fsp3) is 0.571. The van der Waals surface area contributed by atoms with Crippen LogP contribution in [0.5, 0.6) is 0 Å². The van der Waals surface area contributed by atoms with Crippen LogP contribution < -0.4 is 10.6 Å². The number of nitriles is 1. The standard InChI is InChI=1S/C21H25F3N4O2/c1-2-3-18(29)27-8-6-20(7-9-27)13-28(12-17(20)19(26)30)15-5-4-14(11-25)16(10-15)21(22,23)24/h4-5,10,17H,2-3,6-9,12-13H2,1H3,(H2,26,30). The summed E-state index contributed by atoms with van der Waals surface area (Å²) in [6.45, 7) is 3.57. The van der Waals surface area contributed by atoms with Crippen LogP contribution in [0.25, 0.3) is 0 Å². The number of primary amides is 1. The molecule has 1 aromatic carbocycles. The van der Waals surface area contributed by atoms with Crippen LogP contribution in [0.1, 0.15) is 43.7 Å². The van der Waals surface area contributed by atoms with Crippen LogP contribution in [0.2, 0.25) is 0 Å². The van der Waals surface area contributed by atoms with Gasteiger partial charge in [0.05, 0.1) is 23.1 Å². The van der Waals surface area contributed by atoms with E-state index < -0.39 is 34.5 Å². The number of likely N-dealkylation sites (tertiary alicyclic amines) is 1. The molecule has 2 aliphatic heterocycles. The predicted octanol–water partition coefficient (Wildman–Crippen LogP) is 2.91. The van der Waals surface area contributed by atoms with E-state index in [4.69, 9.17) is 11.0 Å². The van der Waals surface area contributed by atoms with Gasteiger partial charge in [0.1, 0.15) is 0 Å². The molecule has 1 aromatic rings. The van der Waals surface area contributed by atoms with Gasteiger partial charge in [-0.1, -0.05) is 6.92 Å². The van der Waals surface area contributed by atoms with E-state index in [-0.39, 0.29) is 12.5 Å². The van der Waals surface area contributed by atoms with E-state index in [1.54, 1.807) is 15.9 Å². The molecule has 2 fully saturated rings. The topological polar surface area (TPSA) is 90.4 Å². The minimum atomic E-state index is -4.65. The summed E-state index contributed by atoms with van der Waals surface area (Å²) in [5.41, 5.74) is 4.08. The van der Waals surface area contributed by atoms with Crippen molar-refractivity contribution >= 4 is 17.5 Å². The third-order valence-corrected chi connectivity index (χ3v) is 6.36. The Bertz CT molecular complexity index is 870. The number of halogens is 3. The second-order valence-corrected chi connectivity index (χ2v) is 8.17. The summed E-state index contributed by atoms with van der Waals surface area (Å²) >= 11 is 0. The summed E-state index contributed by atoms with van der Waals surface area (Å²) in [5, 5.41) is 9.00. The van der Waals surface area contributed by atoms with Gasteiger partial charge in [-0.05, 0) is 37.5 Å². The maximum absolute atomic E-state index is 13.4. The fourth-order valence-corrected chi connectivity index (χ4v) is 4.70. The molecule has 2 N–H and O–H groups in total. The summed E-state index contributed by atoms with van der Waals surface area (Å²) in [7, 11) is 0. The lowest BCUT2D eigenvalue weighted by atomic mass is 9.70. The lowest BCUT2D eigenvalue weighted by Gasteiger charge is -2.41. The number of rotatable bonds is 4. The van der Waals surface area contributed by atoms with Gasteiger partial charge in [0, 0.05) is 43.7 Å². The van der Waals surface area contributed by atoms with Gasteiger partial charge >= 0.3 is 6.18 Å². The molecule has 162 valence electrons. The molecule has 2 heterocycles. The van der Waals surface area contributed by atoms with E-state index in [1.165, 1.54) is 6.07 Å². The van der Waals surface area contributed by atoms with Crippen molar-refractivity contribution in [3.63, 3.8) is 0 Å². The maximum atomic E-state index is 13.4. The third-order valence-electron chi connectivity index (χ3n) is 6.36. The third kappa shape index (κ3) is 4.09. The number of carbonyl (C=O) groups excluding carboxylic acids is 2. The highest BCUT2D eigenvalue weighted by molar-refractivity contribution is 5.80. The Morgan fingerprint density at radius 3 is 2.50 bits per heavy atom. The van der Waals surface area contributed by atoms with Crippen LogP contribution in [-0.2, 0) is 15.8 Å². The van der Waals surface area contributed by atoms with Crippen molar-refractivity contribution < 1.29 is 22.8 Å². The van der Waals surface area contributed by atoms with Crippen molar-refractivity contribution in [2.75, 3.05) is 31.1 Å². The Morgan fingerprint density at radius 2 is 1.97 bits per heavy atom. The molecule has 0 bridgehead atoms. The highest BCUT2D eigenvalue weighted by atomic mass is 19.4. The summed E-state index contributed by atoms with van der Waals surface area (Å²) in [6, 6.07) is 5.19. The SMILES string of the molecule is CCCC(=O)N1CCC2(CC1)CN(c1ccc(C#N)c(C(F)(F)F)c1)CC2C(N)=O. The molecular formula is C21H25F3N4O2. The second kappa shape index (κ2) is 8.17. The summed E-state index contributed by atoms with van der Waals surface area (Å²) in [5.74, 6) is -0.902. The van der Waals surface area contributed by atoms with E-state index in [0.29, 0.717) is 44.6 Å². The monoisotopic (exact) mass is 422 g/mol. The number of nitrogens with zero attached hydrogens (tertiary/aromatic N) is 3. The number of benzene rings is 1. The Morgan fingerprint density at radius 1 is 1.30 bits per heavy atom. The van der Waals surface area contributed by atoms with Crippen molar-refractivity contribution in [1.82, 2.24) is 4.90 Å². The predicted molar refractivity (Wildman–Crippen MR) is 104 cm³/mol. The molecule has 1 spiro atoms. The Hall–Kier alpha value is -2.76. The van der Waals surface area contributed by atoms with E-state index >= 15 is 0 Å². The van der Waals surface area contributed by atoms with E-state index in [9.17, 15) is 22.8 Å². The fourth-order valence-electron chi connectivity index (χ4n) is 4.70. The quantitative estimate of drug-likeness (QED) is 0.808. The van der Waals surface area contributed by atoms with Gasteiger partial charge in [-0.15, -0.1) is 0 Å². The minimum Gasteiger partial charge on any atom is -0.370 e. The number of carbonyl (C=O) groups is 2. The first-order chi connectivity index (χ1) is 14.1. The van der Waals surface area contributed by atoms with E-state index in [0.717, 1.165) is 18.6 Å². The number of nitrogens with two attached hydrogens (primary N) is 1. The molecule has 0 aromatic heterocycles. The first kappa shape index (κ1) is 21.9. The molecule has 2 amide bonds. The normalized spacial score (nSPS) is 21.0. The van der Waals surface area contributed by atoms with Gasteiger partial charge < -0.3 is 15.5 Å². The van der Waals surface area contributed by atoms with Crippen LogP contribution in [0.4, 0.5) is 18.9 Å². The maximum Gasteiger partial charge on any atom is 0.417 e. The molecule has 1 atom stereocenters. The summed E-state index contributed by atoms with van der Waals surface area (Å²) < 4.78 is 40.1. The molecule has 2 saturated heterocycles. The molecule has 0 saturated carbocycles. The van der Waals surface area contributed by atoms with Gasteiger partial charge in [-0.2, -0.15) is 18.4 Å². The second-order valence-electron chi connectivity index (χ2n) is 8.17. The molecule has 0 radical (unpaired) electrons. The van der Waals surface area contributed by atoms with Gasteiger partial charge in [0.2, 0.25) is 11.8 Å². The van der Waals surface area contributed by atoms with Crippen LogP contribution in [-0.4, -0.2) is 42.9 Å². The van der Waals surface area contributed by atoms with Crippen molar-refractivity contribution in [2.45, 2.75) is 38.8 Å². The highest BCUT2D eigenvalue weighted by Gasteiger charge is 2.51. The first-order valence-corrected chi connectivity index (χ1v) is 10.0. The van der Waals surface area contributed by atoms with E-state index in [1.807, 2.05) is 6.92 Å². The number of piperidine rings is 1. The van der Waals surface area contributed by atoms with Crippen LogP contribution in [0.15, 0.2) is 18.2 Å². The number of anilines is 1. The van der Waals surface area contributed by atoms with E-state index in [2.05, 4.69) is 0 Å². The van der Waals surface area contributed by atoms with Crippen molar-refractivity contribution in [1.29, 1.82) is 5.26 Å². The lowest BCUT2D eigenvalue weighted by Crippen LogP contribution is -2.49. The number of amides is 2. The Labute approximate surface area is 173 Å². The van der Waals surface area contributed by atoms with Crippen LogP contribution in [0, 0.1) is 22.7 Å². The largest absolute Gasteiger partial charge is 0.417 e. The van der Waals surface area contributed by atoms with Gasteiger partial charge in [0.25, 0.3) is 0 Å². The van der Waals surface area contributed by atoms with Crippen molar-refractivity contribution in [2.24, 2.45) is 17.1 Å². The molecular weight excluding hydrogens is 397 g/mol. The van der Waals surface area contributed by atoms with Crippen molar-refractivity contribution in [3.8, 4) is 6.07 Å². The zero-order chi connectivity index (χ0) is 22.1. The lowest BCUT2D eigenvalue weighted by molar-refractivity contribution is -0.138. The number of hydrogen-bond acceptors (Lipinski definition) is 4. The molecule has 2 aliphatic rings. The first-order valence-electron chi connectivity index (χ1n) is 10.0. The average Bonchev–Trinajstić information content (AvgIpc) is 3.06. The number of hydrogen-bond donors (Lipinski definition) is 1. The molecule has 9 heteroatoms. The highest BCUT2D eigenvalue weighted by Crippen LogP contribution is 2.46. The van der Waals surface area contributed by atoms with Crippen molar-refractivity contribution in [3.05, 3.63) is 29.3 Å². The van der Waals surface area contributed by atoms with Gasteiger partial charge in [-0.3, -0.25) is 9.59 Å². The molecule has 0 aliphatic carbocycles. The zero-order valence-corrected chi connectivity index (χ0v) is 16.8. The molecule has 30 heavy (non-hydrogen) atoms. The average molecular weight is 422 g/mol. The molecule has 1 unspecified atom stereocenters. The number of alkyl halides is 3. The summed E-state index contributed by atoms with van der Waals surface area (Å²) in [4.78, 5) is 27.9. The van der Waals surface area contributed by atoms with Gasteiger partial charge in [-0.25, -0.2) is 0 Å². The summed E-state index contributed by atoms with van der Waals surface area (Å²) in [6.07, 6.45) is -2.25. The Balaban J connectivity index is 1.85. The smallest absolute Gasteiger partial charge is 0.370 e. The van der Waals surface area contributed by atoms with Crippen LogP contribution in [0.3, 0.4) is 0 Å². The molecule has 3 rings (SSSR count). The minimum absolute atomic E-state index is 0.0831.